The fourth-order valence-corrected chi connectivity index (χ4v) is 5.03. The summed E-state index contributed by atoms with van der Waals surface area (Å²) in [6, 6.07) is 5.53. The van der Waals surface area contributed by atoms with Crippen molar-refractivity contribution in [3.8, 4) is 0 Å². The molecule has 1 unspecified atom stereocenters. The van der Waals surface area contributed by atoms with Gasteiger partial charge in [0.15, 0.2) is 0 Å². The first kappa shape index (κ1) is 26.2. The molecule has 0 saturated heterocycles. The Morgan fingerprint density at radius 2 is 1.84 bits per heavy atom. The molecule has 178 valence electrons. The summed E-state index contributed by atoms with van der Waals surface area (Å²) in [5, 5.41) is 22.0. The number of nitrogens with zero attached hydrogens (tertiary/aromatic N) is 2. The second-order valence-corrected chi connectivity index (χ2v) is 9.11. The molecule has 1 aliphatic rings. The Kier molecular flexibility index (Phi) is 11.0. The highest BCUT2D eigenvalue weighted by Gasteiger charge is 2.34. The van der Waals surface area contributed by atoms with E-state index in [1.54, 1.807) is 12.1 Å². The van der Waals surface area contributed by atoms with Gasteiger partial charge in [-0.3, -0.25) is 24.6 Å². The van der Waals surface area contributed by atoms with Crippen LogP contribution in [0.2, 0.25) is 0 Å². The zero-order valence-electron chi connectivity index (χ0n) is 19.0. The number of rotatable bonds is 14. The highest BCUT2D eigenvalue weighted by Crippen LogP contribution is 2.34. The summed E-state index contributed by atoms with van der Waals surface area (Å²) in [6.07, 6.45) is 4.24. The molecule has 1 aliphatic heterocycles. The van der Waals surface area contributed by atoms with Crippen LogP contribution in [0.1, 0.15) is 46.0 Å². The Hall–Kier alpha value is -2.10. The second kappa shape index (κ2) is 13.4. The molecule has 0 radical (unpaired) electrons. The number of amides is 1. The molecule has 9 heteroatoms. The van der Waals surface area contributed by atoms with E-state index in [9.17, 15) is 24.6 Å². The lowest BCUT2D eigenvalue weighted by Gasteiger charge is -2.26. The number of carbonyl (C=O) groups is 3. The van der Waals surface area contributed by atoms with E-state index in [-0.39, 0.29) is 0 Å². The van der Waals surface area contributed by atoms with E-state index in [2.05, 4.69) is 24.1 Å². The van der Waals surface area contributed by atoms with Crippen molar-refractivity contribution >= 4 is 35.3 Å². The molecule has 0 saturated carbocycles. The van der Waals surface area contributed by atoms with Gasteiger partial charge in [-0.25, -0.2) is 0 Å². The molecule has 0 bridgehead atoms. The Morgan fingerprint density at radius 3 is 2.47 bits per heavy atom. The van der Waals surface area contributed by atoms with Gasteiger partial charge in [-0.15, -0.1) is 11.8 Å². The number of aliphatic carboxylic acids is 2. The van der Waals surface area contributed by atoms with E-state index < -0.39 is 36.5 Å². The third kappa shape index (κ3) is 7.79. The highest BCUT2D eigenvalue weighted by atomic mass is 32.2. The van der Waals surface area contributed by atoms with Crippen molar-refractivity contribution in [3.05, 3.63) is 24.3 Å². The van der Waals surface area contributed by atoms with Gasteiger partial charge in [0.25, 0.3) is 0 Å². The normalized spacial score (nSPS) is 17.2. The third-order valence-corrected chi connectivity index (χ3v) is 6.57. The first-order valence-corrected chi connectivity index (χ1v) is 12.3. The minimum atomic E-state index is -1.11. The van der Waals surface area contributed by atoms with Crippen LogP contribution < -0.4 is 10.2 Å². The lowest BCUT2D eigenvalue weighted by atomic mass is 10.1. The predicted molar refractivity (Wildman–Crippen MR) is 126 cm³/mol. The van der Waals surface area contributed by atoms with Gasteiger partial charge in [0.2, 0.25) is 5.91 Å². The molecule has 8 nitrogen and oxygen atoms in total. The van der Waals surface area contributed by atoms with Gasteiger partial charge >= 0.3 is 11.9 Å². The summed E-state index contributed by atoms with van der Waals surface area (Å²) in [6.45, 7) is 6.87. The number of carbonyl (C=O) groups excluding carboxylic acids is 1. The topological polar surface area (TPSA) is 110 Å². The SMILES string of the molecule is CCCN(CCC)CCCC[C@@H](NC1CSc2ccccc2N(CC(=O)O)C1=O)C(=O)O. The third-order valence-electron chi connectivity index (χ3n) is 5.42. The Balaban J connectivity index is 2.01. The molecule has 3 N–H and O–H groups in total. The predicted octanol–water partition coefficient (Wildman–Crippen LogP) is 2.91. The number of thioether (sulfide) groups is 1. The molecule has 1 aromatic carbocycles. The van der Waals surface area contributed by atoms with Crippen LogP contribution in [0.25, 0.3) is 0 Å². The number of benzene rings is 1. The van der Waals surface area contributed by atoms with Crippen molar-refractivity contribution in [2.75, 3.05) is 36.8 Å². The van der Waals surface area contributed by atoms with Crippen molar-refractivity contribution < 1.29 is 24.6 Å². The van der Waals surface area contributed by atoms with Gasteiger partial charge in [0.05, 0.1) is 11.7 Å². The molecule has 0 aliphatic carbocycles. The van der Waals surface area contributed by atoms with Gasteiger partial charge in [0, 0.05) is 10.6 Å². The summed E-state index contributed by atoms with van der Waals surface area (Å²) in [5.41, 5.74) is 0.549. The van der Waals surface area contributed by atoms with Crippen LogP contribution in [0.5, 0.6) is 0 Å². The van der Waals surface area contributed by atoms with Crippen LogP contribution in [-0.4, -0.2) is 77.0 Å². The number of nitrogens with one attached hydrogen (secondary N) is 1. The monoisotopic (exact) mass is 465 g/mol. The number of carboxylic acid groups (broad SMARTS) is 2. The standard InChI is InChI=1S/C23H35N3O5S/c1-3-12-25(13-4-2)14-8-7-9-17(23(30)31)24-18-16-32-20-11-6-5-10-19(20)26(22(18)29)15-21(27)28/h5-6,10-11,17-18,24H,3-4,7-9,12-16H2,1-2H3,(H,27,28)(H,30,31)/t17-,18?/m1/s1. The van der Waals surface area contributed by atoms with Gasteiger partial charge in [-0.05, 0) is 57.5 Å². The Labute approximate surface area is 194 Å². The Morgan fingerprint density at radius 1 is 1.16 bits per heavy atom. The first-order valence-electron chi connectivity index (χ1n) is 11.3. The van der Waals surface area contributed by atoms with Crippen LogP contribution in [0.3, 0.4) is 0 Å². The molecule has 0 aromatic heterocycles. The molecule has 0 spiro atoms. The number of carboxylic acids is 2. The average Bonchev–Trinajstić information content (AvgIpc) is 2.87. The fourth-order valence-electron chi connectivity index (χ4n) is 3.94. The van der Waals surface area contributed by atoms with E-state index in [1.807, 2.05) is 12.1 Å². The van der Waals surface area contributed by atoms with E-state index in [0.717, 1.165) is 50.2 Å². The maximum absolute atomic E-state index is 13.2. The zero-order valence-corrected chi connectivity index (χ0v) is 19.8. The van der Waals surface area contributed by atoms with Gasteiger partial charge in [0.1, 0.15) is 12.6 Å². The van der Waals surface area contributed by atoms with Crippen molar-refractivity contribution in [2.45, 2.75) is 62.9 Å². The summed E-state index contributed by atoms with van der Waals surface area (Å²) in [5.74, 6) is -2.17. The fraction of sp³-hybridized carbons (Fsp3) is 0.609. The molecule has 2 rings (SSSR count). The number of hydrogen-bond acceptors (Lipinski definition) is 6. The first-order chi connectivity index (χ1) is 15.4. The quantitative estimate of drug-likeness (QED) is 0.360. The van der Waals surface area contributed by atoms with Crippen LogP contribution in [0, 0.1) is 0 Å². The Bertz CT molecular complexity index is 770. The smallest absolute Gasteiger partial charge is 0.323 e. The van der Waals surface area contributed by atoms with E-state index in [1.165, 1.54) is 16.7 Å². The molecular formula is C23H35N3O5S. The van der Waals surface area contributed by atoms with Gasteiger partial charge in [-0.2, -0.15) is 0 Å². The number of fused-ring (bicyclic) bond motifs is 1. The lowest BCUT2D eigenvalue weighted by molar-refractivity contribution is -0.140. The lowest BCUT2D eigenvalue weighted by Crippen LogP contribution is -2.53. The molecular weight excluding hydrogens is 430 g/mol. The van der Waals surface area contributed by atoms with Crippen molar-refractivity contribution in [1.82, 2.24) is 10.2 Å². The van der Waals surface area contributed by atoms with Crippen LogP contribution in [-0.2, 0) is 14.4 Å². The maximum atomic E-state index is 13.2. The van der Waals surface area contributed by atoms with Crippen molar-refractivity contribution in [1.29, 1.82) is 0 Å². The van der Waals surface area contributed by atoms with E-state index in [4.69, 9.17) is 0 Å². The molecule has 1 heterocycles. The van der Waals surface area contributed by atoms with Crippen molar-refractivity contribution in [3.63, 3.8) is 0 Å². The van der Waals surface area contributed by atoms with Crippen LogP contribution in [0.15, 0.2) is 29.2 Å². The molecule has 0 fully saturated rings. The van der Waals surface area contributed by atoms with Gasteiger partial charge in [-0.1, -0.05) is 32.4 Å². The van der Waals surface area contributed by atoms with E-state index in [0.29, 0.717) is 17.9 Å². The van der Waals surface area contributed by atoms with Crippen LogP contribution >= 0.6 is 11.8 Å². The molecule has 1 amide bonds. The molecule has 1 aromatic rings. The molecule has 2 atom stereocenters. The second-order valence-electron chi connectivity index (χ2n) is 8.04. The number of para-hydroxylation sites is 1. The number of anilines is 1. The number of unbranched alkanes of at least 4 members (excludes halogenated alkanes) is 1. The summed E-state index contributed by atoms with van der Waals surface area (Å²) < 4.78 is 0. The summed E-state index contributed by atoms with van der Waals surface area (Å²) in [7, 11) is 0. The van der Waals surface area contributed by atoms with Crippen LogP contribution in [0.4, 0.5) is 5.69 Å². The minimum Gasteiger partial charge on any atom is -0.480 e. The maximum Gasteiger partial charge on any atom is 0.323 e. The summed E-state index contributed by atoms with van der Waals surface area (Å²) in [4.78, 5) is 40.9. The average molecular weight is 466 g/mol. The van der Waals surface area contributed by atoms with E-state index >= 15 is 0 Å². The zero-order chi connectivity index (χ0) is 23.5. The summed E-state index contributed by atoms with van der Waals surface area (Å²) >= 11 is 1.43. The molecule has 32 heavy (non-hydrogen) atoms. The highest BCUT2D eigenvalue weighted by molar-refractivity contribution is 7.99. The largest absolute Gasteiger partial charge is 0.480 e. The number of hydrogen-bond donors (Lipinski definition) is 3. The van der Waals surface area contributed by atoms with Gasteiger partial charge < -0.3 is 15.1 Å². The van der Waals surface area contributed by atoms with Crippen molar-refractivity contribution in [2.24, 2.45) is 0 Å². The minimum absolute atomic E-state index is 0.344.